The van der Waals surface area contributed by atoms with Gasteiger partial charge in [0.1, 0.15) is 17.6 Å². The SMILES string of the molecule is Oc1cccc(OC2CCc3ccccc3C2)c1. The van der Waals surface area contributed by atoms with Gasteiger partial charge < -0.3 is 9.84 Å². The molecule has 2 aromatic rings. The van der Waals surface area contributed by atoms with E-state index < -0.39 is 0 Å². The second-order valence-electron chi connectivity index (χ2n) is 4.75. The van der Waals surface area contributed by atoms with Gasteiger partial charge >= 0.3 is 0 Å². The van der Waals surface area contributed by atoms with Gasteiger partial charge in [-0.15, -0.1) is 0 Å². The zero-order valence-corrected chi connectivity index (χ0v) is 10.2. The molecule has 0 bridgehead atoms. The van der Waals surface area contributed by atoms with E-state index >= 15 is 0 Å². The molecular weight excluding hydrogens is 224 g/mol. The molecule has 0 saturated carbocycles. The second-order valence-corrected chi connectivity index (χ2v) is 4.75. The highest BCUT2D eigenvalue weighted by Crippen LogP contribution is 2.26. The van der Waals surface area contributed by atoms with Gasteiger partial charge in [-0.25, -0.2) is 0 Å². The van der Waals surface area contributed by atoms with Crippen LogP contribution in [0.15, 0.2) is 48.5 Å². The Morgan fingerprint density at radius 3 is 2.67 bits per heavy atom. The first kappa shape index (κ1) is 11.1. The molecule has 1 atom stereocenters. The number of aromatic hydroxyl groups is 1. The minimum atomic E-state index is 0.210. The summed E-state index contributed by atoms with van der Waals surface area (Å²) < 4.78 is 5.93. The lowest BCUT2D eigenvalue weighted by Crippen LogP contribution is -2.25. The molecule has 0 amide bonds. The molecule has 92 valence electrons. The average Bonchev–Trinajstić information content (AvgIpc) is 2.39. The molecular formula is C16H16O2. The van der Waals surface area contributed by atoms with Gasteiger partial charge in [-0.2, -0.15) is 0 Å². The summed E-state index contributed by atoms with van der Waals surface area (Å²) in [5.74, 6) is 1.00. The zero-order valence-electron chi connectivity index (χ0n) is 10.2. The highest BCUT2D eigenvalue weighted by Gasteiger charge is 2.19. The summed E-state index contributed by atoms with van der Waals surface area (Å²) in [6, 6.07) is 15.6. The van der Waals surface area contributed by atoms with Gasteiger partial charge in [0.05, 0.1) is 0 Å². The van der Waals surface area contributed by atoms with E-state index in [0.717, 1.165) is 25.0 Å². The van der Waals surface area contributed by atoms with E-state index in [9.17, 15) is 5.11 Å². The summed E-state index contributed by atoms with van der Waals surface area (Å²) in [7, 11) is 0. The van der Waals surface area contributed by atoms with Gasteiger partial charge in [0, 0.05) is 12.5 Å². The second kappa shape index (κ2) is 4.73. The van der Waals surface area contributed by atoms with Crippen LogP contribution in [0, 0.1) is 0 Å². The van der Waals surface area contributed by atoms with Crippen LogP contribution in [0.4, 0.5) is 0 Å². The standard InChI is InChI=1S/C16H16O2/c17-14-6-3-7-15(11-14)18-16-9-8-12-4-1-2-5-13(12)10-16/h1-7,11,16-17H,8-10H2. The highest BCUT2D eigenvalue weighted by molar-refractivity contribution is 5.33. The lowest BCUT2D eigenvalue weighted by atomic mass is 9.90. The topological polar surface area (TPSA) is 29.5 Å². The van der Waals surface area contributed by atoms with Crippen LogP contribution >= 0.6 is 0 Å². The molecule has 18 heavy (non-hydrogen) atoms. The van der Waals surface area contributed by atoms with Crippen molar-refractivity contribution in [2.24, 2.45) is 0 Å². The minimum absolute atomic E-state index is 0.210. The fourth-order valence-corrected chi connectivity index (χ4v) is 2.51. The van der Waals surface area contributed by atoms with E-state index in [4.69, 9.17) is 4.74 Å². The predicted octanol–water partition coefficient (Wildman–Crippen LogP) is 3.33. The largest absolute Gasteiger partial charge is 0.508 e. The number of rotatable bonds is 2. The van der Waals surface area contributed by atoms with Crippen molar-refractivity contribution in [2.45, 2.75) is 25.4 Å². The van der Waals surface area contributed by atoms with Crippen molar-refractivity contribution in [3.05, 3.63) is 59.7 Å². The Labute approximate surface area is 107 Å². The van der Waals surface area contributed by atoms with E-state index in [2.05, 4.69) is 24.3 Å². The molecule has 2 aromatic carbocycles. The fraction of sp³-hybridized carbons (Fsp3) is 0.250. The molecule has 0 fully saturated rings. The van der Waals surface area contributed by atoms with E-state index in [1.165, 1.54) is 11.1 Å². The Morgan fingerprint density at radius 2 is 1.83 bits per heavy atom. The molecule has 1 unspecified atom stereocenters. The van der Waals surface area contributed by atoms with Gasteiger partial charge in [-0.1, -0.05) is 30.3 Å². The molecule has 0 radical (unpaired) electrons. The van der Waals surface area contributed by atoms with Crippen molar-refractivity contribution < 1.29 is 9.84 Å². The fourth-order valence-electron chi connectivity index (χ4n) is 2.51. The van der Waals surface area contributed by atoms with E-state index in [-0.39, 0.29) is 11.9 Å². The first-order valence-electron chi connectivity index (χ1n) is 6.34. The van der Waals surface area contributed by atoms with Crippen LogP contribution in [0.2, 0.25) is 0 Å². The maximum atomic E-state index is 9.42. The summed E-state index contributed by atoms with van der Waals surface area (Å²) in [5.41, 5.74) is 2.82. The Balaban J connectivity index is 1.73. The summed E-state index contributed by atoms with van der Waals surface area (Å²) in [6.45, 7) is 0. The molecule has 0 aromatic heterocycles. The number of phenolic OH excluding ortho intramolecular Hbond substituents is 1. The molecule has 0 aliphatic heterocycles. The van der Waals surface area contributed by atoms with Crippen molar-refractivity contribution in [3.63, 3.8) is 0 Å². The Morgan fingerprint density at radius 1 is 1.00 bits per heavy atom. The van der Waals surface area contributed by atoms with Crippen LogP contribution in [0.1, 0.15) is 17.5 Å². The van der Waals surface area contributed by atoms with Crippen molar-refractivity contribution >= 4 is 0 Å². The average molecular weight is 240 g/mol. The number of ether oxygens (including phenoxy) is 1. The van der Waals surface area contributed by atoms with Crippen molar-refractivity contribution in [1.29, 1.82) is 0 Å². The van der Waals surface area contributed by atoms with E-state index in [1.54, 1.807) is 18.2 Å². The van der Waals surface area contributed by atoms with Gasteiger partial charge in [0.15, 0.2) is 0 Å². The quantitative estimate of drug-likeness (QED) is 0.872. The van der Waals surface area contributed by atoms with Crippen LogP contribution in [0.3, 0.4) is 0 Å². The normalized spacial score (nSPS) is 18.1. The highest BCUT2D eigenvalue weighted by atomic mass is 16.5. The molecule has 3 rings (SSSR count). The van der Waals surface area contributed by atoms with Crippen LogP contribution < -0.4 is 4.74 Å². The summed E-state index contributed by atoms with van der Waals surface area (Å²) >= 11 is 0. The van der Waals surface area contributed by atoms with E-state index in [1.807, 2.05) is 6.07 Å². The summed E-state index contributed by atoms with van der Waals surface area (Å²) in [4.78, 5) is 0. The van der Waals surface area contributed by atoms with Gasteiger partial charge in [0.25, 0.3) is 0 Å². The molecule has 2 nitrogen and oxygen atoms in total. The third-order valence-corrected chi connectivity index (χ3v) is 3.42. The van der Waals surface area contributed by atoms with Crippen LogP contribution in [-0.2, 0) is 12.8 Å². The van der Waals surface area contributed by atoms with Gasteiger partial charge in [-0.3, -0.25) is 0 Å². The molecule has 1 N–H and O–H groups in total. The van der Waals surface area contributed by atoms with Gasteiger partial charge in [-0.05, 0) is 36.1 Å². The third-order valence-electron chi connectivity index (χ3n) is 3.42. The predicted molar refractivity (Wildman–Crippen MR) is 71.0 cm³/mol. The number of hydrogen-bond donors (Lipinski definition) is 1. The first-order chi connectivity index (χ1) is 8.81. The van der Waals surface area contributed by atoms with Crippen molar-refractivity contribution in [1.82, 2.24) is 0 Å². The Hall–Kier alpha value is -1.96. The molecule has 0 spiro atoms. The van der Waals surface area contributed by atoms with E-state index in [0.29, 0.717) is 0 Å². The van der Waals surface area contributed by atoms with Crippen LogP contribution in [0.5, 0.6) is 11.5 Å². The molecule has 1 aliphatic rings. The Kier molecular flexibility index (Phi) is 2.93. The maximum absolute atomic E-state index is 9.42. The smallest absolute Gasteiger partial charge is 0.123 e. The van der Waals surface area contributed by atoms with Crippen LogP contribution in [-0.4, -0.2) is 11.2 Å². The zero-order chi connectivity index (χ0) is 12.4. The summed E-state index contributed by atoms with van der Waals surface area (Å²) in [6.07, 6.45) is 3.26. The van der Waals surface area contributed by atoms with Crippen molar-refractivity contribution in [3.8, 4) is 11.5 Å². The number of phenols is 1. The lowest BCUT2D eigenvalue weighted by molar-refractivity contribution is 0.184. The summed E-state index contributed by atoms with van der Waals surface area (Å²) in [5, 5.41) is 9.42. The maximum Gasteiger partial charge on any atom is 0.123 e. The molecule has 1 aliphatic carbocycles. The molecule has 2 heteroatoms. The molecule has 0 heterocycles. The van der Waals surface area contributed by atoms with Crippen LogP contribution in [0.25, 0.3) is 0 Å². The third kappa shape index (κ3) is 2.33. The Bertz CT molecular complexity index is 548. The first-order valence-corrected chi connectivity index (χ1v) is 6.34. The van der Waals surface area contributed by atoms with Crippen molar-refractivity contribution in [2.75, 3.05) is 0 Å². The monoisotopic (exact) mass is 240 g/mol. The number of hydrogen-bond acceptors (Lipinski definition) is 2. The minimum Gasteiger partial charge on any atom is -0.508 e. The number of benzene rings is 2. The molecule has 0 saturated heterocycles. The lowest BCUT2D eigenvalue weighted by Gasteiger charge is -2.25. The number of aryl methyl sites for hydroxylation is 1. The number of fused-ring (bicyclic) bond motifs is 1. The van der Waals surface area contributed by atoms with Gasteiger partial charge in [0.2, 0.25) is 0 Å².